The van der Waals surface area contributed by atoms with Crippen LogP contribution < -0.4 is 15.8 Å². The van der Waals surface area contributed by atoms with E-state index in [0.717, 1.165) is 6.26 Å². The van der Waals surface area contributed by atoms with E-state index in [4.69, 9.17) is 15.1 Å². The predicted molar refractivity (Wildman–Crippen MR) is 120 cm³/mol. The van der Waals surface area contributed by atoms with Crippen molar-refractivity contribution in [1.82, 2.24) is 10.0 Å². The number of hydroxylamine groups is 1. The van der Waals surface area contributed by atoms with Crippen LogP contribution in [0.25, 0.3) is 11.1 Å². The Balaban J connectivity index is 2.25. The molecule has 0 radical (unpaired) electrons. The number of hydrogen-bond donors (Lipinski definition) is 3. The van der Waals surface area contributed by atoms with E-state index >= 15 is 0 Å². The number of benzene rings is 1. The molecule has 1 heterocycles. The first-order valence-corrected chi connectivity index (χ1v) is 12.2. The van der Waals surface area contributed by atoms with Gasteiger partial charge in [-0.2, -0.15) is 0 Å². The number of amides is 1. The molecular formula is C22H29FN2O7S. The van der Waals surface area contributed by atoms with E-state index in [9.17, 15) is 22.4 Å². The Morgan fingerprint density at radius 1 is 1.27 bits per heavy atom. The van der Waals surface area contributed by atoms with Gasteiger partial charge in [0.15, 0.2) is 14.6 Å². The number of hydrogen-bond acceptors (Lipinski definition) is 7. The summed E-state index contributed by atoms with van der Waals surface area (Å²) in [5.74, 6) is -1.24. The van der Waals surface area contributed by atoms with Gasteiger partial charge in [-0.05, 0) is 56.9 Å². The monoisotopic (exact) mass is 484 g/mol. The van der Waals surface area contributed by atoms with E-state index in [1.165, 1.54) is 41.4 Å². The summed E-state index contributed by atoms with van der Waals surface area (Å²) < 4.78 is 43.9. The molecule has 2 rings (SSSR count). The van der Waals surface area contributed by atoms with Crippen molar-refractivity contribution >= 4 is 15.7 Å². The smallest absolute Gasteiger partial charge is 0.264 e. The molecule has 0 fully saturated rings. The first-order chi connectivity index (χ1) is 15.5. The van der Waals surface area contributed by atoms with Crippen LogP contribution in [0.2, 0.25) is 0 Å². The summed E-state index contributed by atoms with van der Waals surface area (Å²) in [4.78, 5) is 24.5. The number of ether oxygens (including phenoxy) is 1. The fourth-order valence-electron chi connectivity index (χ4n) is 3.22. The molecule has 182 valence electrons. The molecule has 0 unspecified atom stereocenters. The van der Waals surface area contributed by atoms with Gasteiger partial charge in [0.05, 0.1) is 6.61 Å². The number of sulfone groups is 1. The molecule has 0 saturated heterocycles. The largest absolute Gasteiger partial charge is 0.493 e. The second-order valence-corrected chi connectivity index (χ2v) is 10.4. The molecule has 0 aliphatic heterocycles. The van der Waals surface area contributed by atoms with E-state index < -0.39 is 31.9 Å². The van der Waals surface area contributed by atoms with E-state index in [-0.39, 0.29) is 25.1 Å². The van der Waals surface area contributed by atoms with Gasteiger partial charge in [-0.25, -0.2) is 18.3 Å². The van der Waals surface area contributed by atoms with Crippen LogP contribution in [0.1, 0.15) is 31.7 Å². The van der Waals surface area contributed by atoms with Gasteiger partial charge in [0.1, 0.15) is 11.6 Å². The van der Waals surface area contributed by atoms with Gasteiger partial charge in [-0.1, -0.05) is 0 Å². The van der Waals surface area contributed by atoms with Crippen molar-refractivity contribution in [2.45, 2.75) is 44.4 Å². The molecule has 1 atom stereocenters. The Morgan fingerprint density at radius 2 is 1.97 bits per heavy atom. The number of carbonyl (C=O) groups excluding carboxylic acids is 1. The third-order valence-corrected chi connectivity index (χ3v) is 7.71. The van der Waals surface area contributed by atoms with Crippen LogP contribution in [0.4, 0.5) is 4.39 Å². The quantitative estimate of drug-likeness (QED) is 0.251. The molecule has 1 amide bonds. The number of aliphatic hydroxyl groups is 1. The number of pyridine rings is 1. The van der Waals surface area contributed by atoms with Crippen molar-refractivity contribution in [2.75, 3.05) is 19.5 Å². The Morgan fingerprint density at radius 3 is 2.55 bits per heavy atom. The van der Waals surface area contributed by atoms with E-state index in [1.807, 2.05) is 0 Å². The van der Waals surface area contributed by atoms with Crippen molar-refractivity contribution in [1.29, 1.82) is 0 Å². The summed E-state index contributed by atoms with van der Waals surface area (Å²) in [7, 11) is -3.90. The van der Waals surface area contributed by atoms with Crippen LogP contribution in [0.5, 0.6) is 5.75 Å². The van der Waals surface area contributed by atoms with E-state index in [1.54, 1.807) is 13.0 Å². The maximum Gasteiger partial charge on any atom is 0.264 e. The zero-order valence-corrected chi connectivity index (χ0v) is 19.6. The lowest BCUT2D eigenvalue weighted by atomic mass is 10.0. The maximum absolute atomic E-state index is 15.0. The second kappa shape index (κ2) is 10.9. The standard InChI is InChI=1S/C22H29FN2O7S/c1-15-18(32-13-5-4-12-26)7-6-17(20(15)23)16-8-10-25(19(27)14-16)11-9-22(2,21(28)24-29)33(3,30)31/h6-8,10,14,26,29H,4-5,9,11-13H2,1-3H3,(H,24,28)/t22-/m1/s1. The number of nitrogens with zero attached hydrogens (tertiary/aromatic N) is 1. The molecule has 1 aromatic carbocycles. The van der Waals surface area contributed by atoms with Crippen molar-refractivity contribution in [3.8, 4) is 16.9 Å². The summed E-state index contributed by atoms with van der Waals surface area (Å²) in [6.07, 6.45) is 3.23. The number of nitrogens with one attached hydrogen (secondary N) is 1. The minimum atomic E-state index is -3.90. The Bertz CT molecular complexity index is 1160. The van der Waals surface area contributed by atoms with E-state index in [2.05, 4.69) is 0 Å². The summed E-state index contributed by atoms with van der Waals surface area (Å²) in [6.45, 7) is 3.02. The molecule has 9 nitrogen and oxygen atoms in total. The third kappa shape index (κ3) is 5.98. The minimum Gasteiger partial charge on any atom is -0.493 e. The van der Waals surface area contributed by atoms with Gasteiger partial charge in [0.25, 0.3) is 11.5 Å². The van der Waals surface area contributed by atoms with Crippen LogP contribution in [0, 0.1) is 12.7 Å². The zero-order chi connectivity index (χ0) is 24.8. The first kappa shape index (κ1) is 26.5. The highest BCUT2D eigenvalue weighted by Crippen LogP contribution is 2.30. The van der Waals surface area contributed by atoms with Gasteiger partial charge in [-0.15, -0.1) is 0 Å². The van der Waals surface area contributed by atoms with Crippen molar-refractivity contribution < 1.29 is 32.7 Å². The summed E-state index contributed by atoms with van der Waals surface area (Å²) in [6, 6.07) is 5.87. The second-order valence-electron chi connectivity index (χ2n) is 7.97. The number of unbranched alkanes of at least 4 members (excludes halogenated alkanes) is 1. The highest BCUT2D eigenvalue weighted by molar-refractivity contribution is 7.92. The van der Waals surface area contributed by atoms with Gasteiger partial charge in [0.2, 0.25) is 0 Å². The van der Waals surface area contributed by atoms with Crippen LogP contribution in [-0.2, 0) is 21.2 Å². The SMILES string of the molecule is Cc1c(OCCCCO)ccc(-c2ccn(CC[C@](C)(C(=O)NO)S(C)(=O)=O)c(=O)c2)c1F. The fraction of sp³-hybridized carbons (Fsp3) is 0.455. The molecule has 11 heteroatoms. The summed E-state index contributed by atoms with van der Waals surface area (Å²) >= 11 is 0. The van der Waals surface area contributed by atoms with Crippen molar-refractivity contribution in [3.05, 3.63) is 52.2 Å². The zero-order valence-electron chi connectivity index (χ0n) is 18.8. The lowest BCUT2D eigenvalue weighted by Crippen LogP contribution is -2.49. The number of carbonyl (C=O) groups is 1. The third-order valence-electron chi connectivity index (χ3n) is 5.68. The van der Waals surface area contributed by atoms with Crippen LogP contribution >= 0.6 is 0 Å². The van der Waals surface area contributed by atoms with Gasteiger partial charge in [-0.3, -0.25) is 14.8 Å². The van der Waals surface area contributed by atoms with Crippen molar-refractivity contribution in [2.24, 2.45) is 0 Å². The normalized spacial score (nSPS) is 13.4. The van der Waals surface area contributed by atoms with Crippen LogP contribution in [-0.4, -0.2) is 53.4 Å². The number of halogens is 1. The average Bonchev–Trinajstić information content (AvgIpc) is 2.77. The van der Waals surface area contributed by atoms with Crippen LogP contribution in [0.3, 0.4) is 0 Å². The molecule has 0 spiro atoms. The molecular weight excluding hydrogens is 455 g/mol. The Labute approximate surface area is 191 Å². The lowest BCUT2D eigenvalue weighted by Gasteiger charge is -2.25. The molecule has 0 saturated carbocycles. The molecule has 0 aliphatic carbocycles. The summed E-state index contributed by atoms with van der Waals surface area (Å²) in [5, 5.41) is 17.7. The topological polar surface area (TPSA) is 135 Å². The molecule has 1 aromatic heterocycles. The molecule has 2 aromatic rings. The highest BCUT2D eigenvalue weighted by Gasteiger charge is 2.43. The first-order valence-electron chi connectivity index (χ1n) is 10.3. The molecule has 33 heavy (non-hydrogen) atoms. The fourth-order valence-corrected chi connectivity index (χ4v) is 4.07. The molecule has 3 N–H and O–H groups in total. The maximum atomic E-state index is 15.0. The van der Waals surface area contributed by atoms with Gasteiger partial charge >= 0.3 is 0 Å². The summed E-state index contributed by atoms with van der Waals surface area (Å²) in [5.41, 5.74) is 1.69. The number of rotatable bonds is 11. The number of aliphatic hydroxyl groups excluding tert-OH is 1. The van der Waals surface area contributed by atoms with Gasteiger partial charge < -0.3 is 14.4 Å². The van der Waals surface area contributed by atoms with E-state index in [0.29, 0.717) is 36.3 Å². The Hall–Kier alpha value is -2.76. The lowest BCUT2D eigenvalue weighted by molar-refractivity contribution is -0.131. The molecule has 0 bridgehead atoms. The predicted octanol–water partition coefficient (Wildman–Crippen LogP) is 1.81. The average molecular weight is 485 g/mol. The minimum absolute atomic E-state index is 0.0588. The molecule has 0 aliphatic rings. The van der Waals surface area contributed by atoms with Crippen molar-refractivity contribution in [3.63, 3.8) is 0 Å². The van der Waals surface area contributed by atoms with Gasteiger partial charge in [0, 0.05) is 42.8 Å². The van der Waals surface area contributed by atoms with Crippen LogP contribution in [0.15, 0.2) is 35.3 Å². The number of aryl methyl sites for hydroxylation is 1. The Kier molecular flexibility index (Phi) is 8.76. The highest BCUT2D eigenvalue weighted by atomic mass is 32.2. The number of aromatic nitrogens is 1.